The van der Waals surface area contributed by atoms with Crippen molar-refractivity contribution in [3.63, 3.8) is 0 Å². The van der Waals surface area contributed by atoms with E-state index in [1.165, 1.54) is 64.8 Å². The van der Waals surface area contributed by atoms with Crippen molar-refractivity contribution in [1.29, 1.82) is 0 Å². The first-order valence-corrected chi connectivity index (χ1v) is 9.04. The van der Waals surface area contributed by atoms with Crippen LogP contribution in [0.3, 0.4) is 0 Å². The maximum atomic E-state index is 3.95. The summed E-state index contributed by atoms with van der Waals surface area (Å²) in [6.07, 6.45) is 10.1. The zero-order chi connectivity index (χ0) is 14.8. The van der Waals surface area contributed by atoms with Crippen LogP contribution in [0.2, 0.25) is 0 Å². The summed E-state index contributed by atoms with van der Waals surface area (Å²) >= 11 is 0. The molecule has 3 saturated heterocycles. The third kappa shape index (κ3) is 3.33. The van der Waals surface area contributed by atoms with E-state index < -0.39 is 0 Å². The van der Waals surface area contributed by atoms with Gasteiger partial charge in [0.15, 0.2) is 0 Å². The number of piperidine rings is 1. The Hall–Kier alpha value is -1.01. The summed E-state index contributed by atoms with van der Waals surface area (Å²) < 4.78 is 1.84. The van der Waals surface area contributed by atoms with Crippen molar-refractivity contribution in [2.45, 2.75) is 51.1 Å². The molecule has 1 aliphatic carbocycles. The lowest BCUT2D eigenvalue weighted by molar-refractivity contribution is 0.0892. The second kappa shape index (κ2) is 6.62. The monoisotopic (exact) mass is 304 g/mol. The SMILES string of the molecule is c1nnnn1CCCN1C[C@H]2CC[C@@H](C1)N(CC1CCC1)C2. The fourth-order valence-corrected chi connectivity index (χ4v) is 4.43. The summed E-state index contributed by atoms with van der Waals surface area (Å²) in [4.78, 5) is 5.53. The van der Waals surface area contributed by atoms with Crippen LogP contribution in [0.5, 0.6) is 0 Å². The van der Waals surface area contributed by atoms with Gasteiger partial charge in [0, 0.05) is 38.8 Å². The van der Waals surface area contributed by atoms with E-state index in [0.717, 1.165) is 30.8 Å². The first kappa shape index (κ1) is 14.6. The molecule has 22 heavy (non-hydrogen) atoms. The zero-order valence-electron chi connectivity index (χ0n) is 13.5. The molecule has 6 nitrogen and oxygen atoms in total. The molecule has 0 N–H and O–H groups in total. The lowest BCUT2D eigenvalue weighted by Crippen LogP contribution is -2.47. The molecule has 0 radical (unpaired) electrons. The molecule has 1 saturated carbocycles. The lowest BCUT2D eigenvalue weighted by Gasteiger charge is -2.40. The standard InChI is InChI=1S/C16H28N6/c1-3-14(4-1)10-21-11-15-5-6-16(21)12-20(9-15)7-2-8-22-13-17-18-19-22/h13-16H,1-12H2/t15-,16+/m1/s1. The predicted molar refractivity (Wildman–Crippen MR) is 84.3 cm³/mol. The smallest absolute Gasteiger partial charge is 0.138 e. The van der Waals surface area contributed by atoms with Crippen molar-refractivity contribution in [3.8, 4) is 0 Å². The molecule has 122 valence electrons. The fourth-order valence-electron chi connectivity index (χ4n) is 4.43. The van der Waals surface area contributed by atoms with Crippen LogP contribution in [0.25, 0.3) is 0 Å². The highest BCUT2D eigenvalue weighted by Gasteiger charge is 2.36. The second-order valence-corrected chi connectivity index (χ2v) is 7.53. The average Bonchev–Trinajstić information content (AvgIpc) is 2.84. The number of hydrogen-bond donors (Lipinski definition) is 0. The summed E-state index contributed by atoms with van der Waals surface area (Å²) in [5.41, 5.74) is 0. The Morgan fingerprint density at radius 3 is 2.73 bits per heavy atom. The van der Waals surface area contributed by atoms with Crippen LogP contribution in [-0.4, -0.2) is 68.8 Å². The molecule has 1 aromatic rings. The Bertz CT molecular complexity index is 457. The summed E-state index contributed by atoms with van der Waals surface area (Å²) in [5, 5.41) is 11.3. The number of nitrogens with zero attached hydrogens (tertiary/aromatic N) is 6. The molecule has 0 unspecified atom stereocenters. The van der Waals surface area contributed by atoms with Gasteiger partial charge in [0.05, 0.1) is 0 Å². The van der Waals surface area contributed by atoms with E-state index in [4.69, 9.17) is 0 Å². The lowest BCUT2D eigenvalue weighted by atomic mass is 9.83. The van der Waals surface area contributed by atoms with Gasteiger partial charge in [-0.2, -0.15) is 0 Å². The molecule has 3 aliphatic heterocycles. The van der Waals surface area contributed by atoms with Crippen molar-refractivity contribution in [2.75, 3.05) is 32.7 Å². The first-order valence-electron chi connectivity index (χ1n) is 9.04. The number of hydrogen-bond acceptors (Lipinski definition) is 5. The van der Waals surface area contributed by atoms with Crippen molar-refractivity contribution in [1.82, 2.24) is 30.0 Å². The van der Waals surface area contributed by atoms with E-state index in [9.17, 15) is 0 Å². The van der Waals surface area contributed by atoms with Gasteiger partial charge in [-0.25, -0.2) is 4.68 Å². The first-order chi connectivity index (χ1) is 10.9. The minimum Gasteiger partial charge on any atom is -0.301 e. The molecule has 0 aromatic carbocycles. The van der Waals surface area contributed by atoms with Gasteiger partial charge in [0.1, 0.15) is 6.33 Å². The third-order valence-corrected chi connectivity index (χ3v) is 5.87. The molecule has 4 aliphatic rings. The molecule has 6 heteroatoms. The minimum absolute atomic E-state index is 0.812. The highest BCUT2D eigenvalue weighted by atomic mass is 15.5. The molecular formula is C16H28N6. The summed E-state index contributed by atoms with van der Waals surface area (Å²) in [5.74, 6) is 1.90. The van der Waals surface area contributed by atoms with Gasteiger partial charge < -0.3 is 4.90 Å². The highest BCUT2D eigenvalue weighted by Crippen LogP contribution is 2.33. The molecule has 1 aromatic heterocycles. The number of aromatic nitrogens is 4. The molecule has 4 heterocycles. The molecule has 5 rings (SSSR count). The second-order valence-electron chi connectivity index (χ2n) is 7.53. The van der Waals surface area contributed by atoms with Crippen LogP contribution in [0.4, 0.5) is 0 Å². The van der Waals surface area contributed by atoms with Gasteiger partial charge in [0.25, 0.3) is 0 Å². The summed E-state index contributed by atoms with van der Waals surface area (Å²) in [6.45, 7) is 7.42. The van der Waals surface area contributed by atoms with Gasteiger partial charge in [-0.3, -0.25) is 4.90 Å². The van der Waals surface area contributed by atoms with Gasteiger partial charge in [-0.05, 0) is 60.9 Å². The van der Waals surface area contributed by atoms with Crippen LogP contribution in [0.1, 0.15) is 38.5 Å². The Labute approximate surface area is 132 Å². The van der Waals surface area contributed by atoms with Crippen LogP contribution >= 0.6 is 0 Å². The minimum atomic E-state index is 0.812. The Kier molecular flexibility index (Phi) is 4.39. The molecule has 0 amide bonds. The van der Waals surface area contributed by atoms with E-state index in [0.29, 0.717) is 0 Å². The Balaban J connectivity index is 1.28. The van der Waals surface area contributed by atoms with Gasteiger partial charge >= 0.3 is 0 Å². The number of tetrazole rings is 1. The quantitative estimate of drug-likeness (QED) is 0.792. The summed E-state index contributed by atoms with van der Waals surface area (Å²) in [6, 6.07) is 0.812. The van der Waals surface area contributed by atoms with E-state index in [2.05, 4.69) is 25.3 Å². The molecule has 2 bridgehead atoms. The number of rotatable bonds is 6. The van der Waals surface area contributed by atoms with E-state index in [1.807, 2.05) is 4.68 Å². The normalized spacial score (nSPS) is 30.4. The number of fused-ring (bicyclic) bond motifs is 4. The van der Waals surface area contributed by atoms with Crippen LogP contribution in [-0.2, 0) is 6.54 Å². The van der Waals surface area contributed by atoms with Gasteiger partial charge in [-0.1, -0.05) is 6.42 Å². The molecule has 0 spiro atoms. The molecule has 2 atom stereocenters. The van der Waals surface area contributed by atoms with E-state index in [-0.39, 0.29) is 0 Å². The largest absolute Gasteiger partial charge is 0.301 e. The van der Waals surface area contributed by atoms with Crippen LogP contribution in [0, 0.1) is 11.8 Å². The highest BCUT2D eigenvalue weighted by molar-refractivity contribution is 4.91. The average molecular weight is 304 g/mol. The van der Waals surface area contributed by atoms with Crippen molar-refractivity contribution < 1.29 is 0 Å². The summed E-state index contributed by atoms with van der Waals surface area (Å²) in [7, 11) is 0. The maximum absolute atomic E-state index is 3.95. The fraction of sp³-hybridized carbons (Fsp3) is 0.938. The Morgan fingerprint density at radius 2 is 1.95 bits per heavy atom. The molecular weight excluding hydrogens is 276 g/mol. The van der Waals surface area contributed by atoms with Gasteiger partial charge in [-0.15, -0.1) is 5.10 Å². The topological polar surface area (TPSA) is 50.1 Å². The van der Waals surface area contributed by atoms with Crippen LogP contribution < -0.4 is 0 Å². The zero-order valence-corrected chi connectivity index (χ0v) is 13.5. The van der Waals surface area contributed by atoms with Crippen molar-refractivity contribution in [2.24, 2.45) is 11.8 Å². The van der Waals surface area contributed by atoms with Crippen LogP contribution in [0.15, 0.2) is 6.33 Å². The Morgan fingerprint density at radius 1 is 1.00 bits per heavy atom. The molecule has 4 fully saturated rings. The maximum Gasteiger partial charge on any atom is 0.138 e. The van der Waals surface area contributed by atoms with Crippen molar-refractivity contribution >= 4 is 0 Å². The predicted octanol–water partition coefficient (Wildman–Crippen LogP) is 1.26. The van der Waals surface area contributed by atoms with Gasteiger partial charge in [0.2, 0.25) is 0 Å². The van der Waals surface area contributed by atoms with E-state index >= 15 is 0 Å². The van der Waals surface area contributed by atoms with Crippen molar-refractivity contribution in [3.05, 3.63) is 6.33 Å². The third-order valence-electron chi connectivity index (χ3n) is 5.87. The number of aryl methyl sites for hydroxylation is 1. The van der Waals surface area contributed by atoms with E-state index in [1.54, 1.807) is 6.33 Å².